The molecule has 0 radical (unpaired) electrons. The van der Waals surface area contributed by atoms with Gasteiger partial charge in [0.1, 0.15) is 5.75 Å². The van der Waals surface area contributed by atoms with E-state index in [4.69, 9.17) is 18.9 Å². The van der Waals surface area contributed by atoms with Crippen LogP contribution in [0.25, 0.3) is 0 Å². The topological polar surface area (TPSA) is 36.9 Å². The molecule has 4 heteroatoms. The van der Waals surface area contributed by atoms with Crippen LogP contribution in [0.2, 0.25) is 0 Å². The zero-order valence-electron chi connectivity index (χ0n) is 16.2. The number of hydrogen-bond donors (Lipinski definition) is 0. The van der Waals surface area contributed by atoms with Crippen molar-refractivity contribution in [3.8, 4) is 5.75 Å². The number of rotatable bonds is 10. The molecule has 1 aliphatic heterocycles. The van der Waals surface area contributed by atoms with Crippen LogP contribution in [0.3, 0.4) is 0 Å². The third kappa shape index (κ3) is 6.65. The smallest absolute Gasteiger partial charge is 0.157 e. The molecule has 1 unspecified atom stereocenters. The molecule has 27 heavy (non-hydrogen) atoms. The van der Waals surface area contributed by atoms with Crippen LogP contribution in [0.15, 0.2) is 48.5 Å². The lowest BCUT2D eigenvalue weighted by Crippen LogP contribution is -2.23. The first-order valence-corrected chi connectivity index (χ1v) is 9.86. The van der Waals surface area contributed by atoms with Gasteiger partial charge in [-0.05, 0) is 54.9 Å². The molecule has 0 saturated carbocycles. The van der Waals surface area contributed by atoms with Gasteiger partial charge in [0.15, 0.2) is 6.29 Å². The Kier molecular flexibility index (Phi) is 8.15. The van der Waals surface area contributed by atoms with Gasteiger partial charge in [-0.3, -0.25) is 0 Å². The first-order chi connectivity index (χ1) is 13.3. The Balaban J connectivity index is 1.38. The molecule has 0 N–H and O–H groups in total. The Bertz CT molecular complexity index is 680. The van der Waals surface area contributed by atoms with E-state index in [-0.39, 0.29) is 6.29 Å². The number of benzene rings is 2. The molecule has 0 amide bonds. The Hall–Kier alpha value is -1.88. The van der Waals surface area contributed by atoms with E-state index in [9.17, 15) is 0 Å². The first kappa shape index (κ1) is 19.9. The van der Waals surface area contributed by atoms with E-state index < -0.39 is 0 Å². The summed E-state index contributed by atoms with van der Waals surface area (Å²) >= 11 is 0. The SMILES string of the molecule is COc1ccccc1CCOCc1cccc(CCOC2CCCCO2)c1. The Labute approximate surface area is 162 Å². The summed E-state index contributed by atoms with van der Waals surface area (Å²) in [5.74, 6) is 0.921. The fourth-order valence-electron chi connectivity index (χ4n) is 3.31. The normalized spacial score (nSPS) is 17.0. The molecule has 1 atom stereocenters. The number of methoxy groups -OCH3 is 1. The van der Waals surface area contributed by atoms with Gasteiger partial charge in [-0.2, -0.15) is 0 Å². The fraction of sp³-hybridized carbons (Fsp3) is 0.478. The summed E-state index contributed by atoms with van der Waals surface area (Å²) in [6.07, 6.45) is 5.10. The largest absolute Gasteiger partial charge is 0.496 e. The van der Waals surface area contributed by atoms with Crippen molar-refractivity contribution in [2.45, 2.75) is 45.0 Å². The molecular formula is C23H30O4. The summed E-state index contributed by atoms with van der Waals surface area (Å²) in [6.45, 7) is 2.82. The van der Waals surface area contributed by atoms with Crippen molar-refractivity contribution >= 4 is 0 Å². The van der Waals surface area contributed by atoms with E-state index in [1.165, 1.54) is 23.1 Å². The Morgan fingerprint density at radius 2 is 1.85 bits per heavy atom. The third-order valence-corrected chi connectivity index (χ3v) is 4.80. The molecular weight excluding hydrogens is 340 g/mol. The van der Waals surface area contributed by atoms with Crippen LogP contribution < -0.4 is 4.74 Å². The Morgan fingerprint density at radius 1 is 0.963 bits per heavy atom. The molecule has 0 bridgehead atoms. The van der Waals surface area contributed by atoms with Crippen molar-refractivity contribution in [3.63, 3.8) is 0 Å². The highest BCUT2D eigenvalue weighted by Crippen LogP contribution is 2.18. The summed E-state index contributed by atoms with van der Waals surface area (Å²) in [7, 11) is 1.70. The van der Waals surface area contributed by atoms with Crippen molar-refractivity contribution in [1.29, 1.82) is 0 Å². The lowest BCUT2D eigenvalue weighted by atomic mass is 10.1. The highest BCUT2D eigenvalue weighted by Gasteiger charge is 2.13. The molecule has 1 aliphatic rings. The third-order valence-electron chi connectivity index (χ3n) is 4.80. The molecule has 3 rings (SSSR count). The standard InChI is InChI=1S/C23H30O4/c1-24-22-10-3-2-9-21(22)13-15-25-18-20-8-6-7-19(17-20)12-16-27-23-11-4-5-14-26-23/h2-3,6-10,17,23H,4-5,11-16,18H2,1H3. The van der Waals surface area contributed by atoms with Gasteiger partial charge in [-0.25, -0.2) is 0 Å². The quantitative estimate of drug-likeness (QED) is 0.576. The van der Waals surface area contributed by atoms with E-state index in [0.29, 0.717) is 19.8 Å². The van der Waals surface area contributed by atoms with Crippen LogP contribution in [0.1, 0.15) is 36.0 Å². The van der Waals surface area contributed by atoms with Crippen LogP contribution in [-0.4, -0.2) is 33.2 Å². The summed E-state index contributed by atoms with van der Waals surface area (Å²) in [5.41, 5.74) is 3.65. The number of hydrogen-bond acceptors (Lipinski definition) is 4. The van der Waals surface area contributed by atoms with Crippen molar-refractivity contribution in [1.82, 2.24) is 0 Å². The van der Waals surface area contributed by atoms with Gasteiger partial charge in [0, 0.05) is 6.61 Å². The molecule has 1 saturated heterocycles. The van der Waals surface area contributed by atoms with Gasteiger partial charge >= 0.3 is 0 Å². The molecule has 1 heterocycles. The zero-order valence-corrected chi connectivity index (χ0v) is 16.2. The molecule has 1 fully saturated rings. The minimum absolute atomic E-state index is 0.0137. The lowest BCUT2D eigenvalue weighted by molar-refractivity contribution is -0.161. The molecule has 0 aliphatic carbocycles. The van der Waals surface area contributed by atoms with Crippen LogP contribution in [0.4, 0.5) is 0 Å². The highest BCUT2D eigenvalue weighted by atomic mass is 16.7. The molecule has 2 aromatic carbocycles. The molecule has 4 nitrogen and oxygen atoms in total. The van der Waals surface area contributed by atoms with Crippen LogP contribution in [0, 0.1) is 0 Å². The van der Waals surface area contributed by atoms with Crippen molar-refractivity contribution in [2.75, 3.05) is 26.9 Å². The summed E-state index contributed by atoms with van der Waals surface area (Å²) in [4.78, 5) is 0. The van der Waals surface area contributed by atoms with Gasteiger partial charge < -0.3 is 18.9 Å². The van der Waals surface area contributed by atoms with Gasteiger partial charge in [0.05, 0.1) is 26.9 Å². The molecule has 146 valence electrons. The second kappa shape index (κ2) is 11.1. The Morgan fingerprint density at radius 3 is 2.70 bits per heavy atom. The van der Waals surface area contributed by atoms with Crippen molar-refractivity contribution < 1.29 is 18.9 Å². The summed E-state index contributed by atoms with van der Waals surface area (Å²) in [6, 6.07) is 16.6. The van der Waals surface area contributed by atoms with Crippen molar-refractivity contribution in [3.05, 3.63) is 65.2 Å². The van der Waals surface area contributed by atoms with E-state index in [1.807, 2.05) is 18.2 Å². The van der Waals surface area contributed by atoms with E-state index in [1.54, 1.807) is 7.11 Å². The van der Waals surface area contributed by atoms with Gasteiger partial charge in [-0.15, -0.1) is 0 Å². The predicted molar refractivity (Wildman–Crippen MR) is 106 cm³/mol. The number of ether oxygens (including phenoxy) is 4. The van der Waals surface area contributed by atoms with Gasteiger partial charge in [0.25, 0.3) is 0 Å². The van der Waals surface area contributed by atoms with E-state index in [2.05, 4.69) is 30.3 Å². The minimum atomic E-state index is -0.0137. The minimum Gasteiger partial charge on any atom is -0.496 e. The molecule has 0 aromatic heterocycles. The maximum atomic E-state index is 5.87. The molecule has 2 aromatic rings. The maximum Gasteiger partial charge on any atom is 0.157 e. The number of para-hydroxylation sites is 1. The fourth-order valence-corrected chi connectivity index (χ4v) is 3.31. The monoisotopic (exact) mass is 370 g/mol. The van der Waals surface area contributed by atoms with Crippen LogP contribution in [0.5, 0.6) is 5.75 Å². The van der Waals surface area contributed by atoms with Crippen molar-refractivity contribution in [2.24, 2.45) is 0 Å². The van der Waals surface area contributed by atoms with E-state index >= 15 is 0 Å². The average molecular weight is 370 g/mol. The van der Waals surface area contributed by atoms with Crippen LogP contribution >= 0.6 is 0 Å². The molecule has 0 spiro atoms. The van der Waals surface area contributed by atoms with Gasteiger partial charge in [-0.1, -0.05) is 42.5 Å². The second-order valence-corrected chi connectivity index (χ2v) is 6.85. The van der Waals surface area contributed by atoms with Crippen LogP contribution in [-0.2, 0) is 33.7 Å². The highest BCUT2D eigenvalue weighted by molar-refractivity contribution is 5.33. The summed E-state index contributed by atoms with van der Waals surface area (Å²) in [5, 5.41) is 0. The first-order valence-electron chi connectivity index (χ1n) is 9.86. The maximum absolute atomic E-state index is 5.87. The van der Waals surface area contributed by atoms with E-state index in [0.717, 1.165) is 38.0 Å². The average Bonchev–Trinajstić information content (AvgIpc) is 2.73. The van der Waals surface area contributed by atoms with Gasteiger partial charge in [0.2, 0.25) is 0 Å². The zero-order chi connectivity index (χ0) is 18.7. The lowest BCUT2D eigenvalue weighted by Gasteiger charge is -2.22. The predicted octanol–water partition coefficient (Wildman–Crippen LogP) is 4.54. The second-order valence-electron chi connectivity index (χ2n) is 6.85. The summed E-state index contributed by atoms with van der Waals surface area (Å²) < 4.78 is 22.7.